The van der Waals surface area contributed by atoms with E-state index in [1.807, 2.05) is 12.1 Å². The number of nitrogens with one attached hydrogen (secondary N) is 1. The lowest BCUT2D eigenvalue weighted by Gasteiger charge is -2.58. The first-order chi connectivity index (χ1) is 10.2. The second-order valence-electron chi connectivity index (χ2n) is 6.53. The van der Waals surface area contributed by atoms with Crippen molar-refractivity contribution in [2.45, 2.75) is 64.1 Å². The molecule has 0 saturated heterocycles. The van der Waals surface area contributed by atoms with Gasteiger partial charge in [0.15, 0.2) is 0 Å². The van der Waals surface area contributed by atoms with Gasteiger partial charge < -0.3 is 10.1 Å². The molecule has 0 amide bonds. The largest absolute Gasteiger partial charge is 0.378 e. The maximum Gasteiger partial charge on any atom is 0.123 e. The standard InChI is InChI=1S/C18H26FNO/c1-2-21-17-12-16(18(17)10-4-3-5-11-18)20-13-14-6-8-15(19)9-7-14/h6-9,16-17,20H,2-5,10-13H2,1H3. The van der Waals surface area contributed by atoms with E-state index >= 15 is 0 Å². The first-order valence-electron chi connectivity index (χ1n) is 8.34. The maximum atomic E-state index is 12.9. The number of hydrogen-bond acceptors (Lipinski definition) is 2. The molecule has 1 aromatic carbocycles. The van der Waals surface area contributed by atoms with Gasteiger partial charge in [-0.05, 0) is 43.9 Å². The summed E-state index contributed by atoms with van der Waals surface area (Å²) in [7, 11) is 0. The fraction of sp³-hybridized carbons (Fsp3) is 0.667. The van der Waals surface area contributed by atoms with Gasteiger partial charge in [0, 0.05) is 24.6 Å². The van der Waals surface area contributed by atoms with Crippen molar-refractivity contribution in [2.24, 2.45) is 5.41 Å². The molecule has 116 valence electrons. The Labute approximate surface area is 127 Å². The van der Waals surface area contributed by atoms with E-state index in [0.717, 1.165) is 25.1 Å². The molecule has 2 atom stereocenters. The molecule has 2 aliphatic rings. The van der Waals surface area contributed by atoms with Crippen molar-refractivity contribution >= 4 is 0 Å². The minimum absolute atomic E-state index is 0.164. The van der Waals surface area contributed by atoms with Crippen molar-refractivity contribution in [1.29, 1.82) is 0 Å². The Hall–Kier alpha value is -0.930. The van der Waals surface area contributed by atoms with Crippen molar-refractivity contribution in [3.05, 3.63) is 35.6 Å². The SMILES string of the molecule is CCOC1CC(NCc2ccc(F)cc2)C12CCCCC2. The monoisotopic (exact) mass is 291 g/mol. The van der Waals surface area contributed by atoms with Crippen LogP contribution >= 0.6 is 0 Å². The Balaban J connectivity index is 1.60. The van der Waals surface area contributed by atoms with Crippen molar-refractivity contribution in [2.75, 3.05) is 6.61 Å². The normalized spacial score (nSPS) is 27.5. The summed E-state index contributed by atoms with van der Waals surface area (Å²) in [6.45, 7) is 3.73. The molecule has 21 heavy (non-hydrogen) atoms. The Bertz CT molecular complexity index is 453. The van der Waals surface area contributed by atoms with Crippen molar-refractivity contribution in [3.8, 4) is 0 Å². The average Bonchev–Trinajstić information content (AvgIpc) is 2.52. The Morgan fingerprint density at radius 3 is 2.57 bits per heavy atom. The minimum Gasteiger partial charge on any atom is -0.378 e. The number of halogens is 1. The molecule has 0 aliphatic heterocycles. The zero-order valence-corrected chi connectivity index (χ0v) is 12.9. The van der Waals surface area contributed by atoms with Gasteiger partial charge >= 0.3 is 0 Å². The average molecular weight is 291 g/mol. The van der Waals surface area contributed by atoms with Gasteiger partial charge in [0.1, 0.15) is 5.82 Å². The fourth-order valence-electron chi connectivity index (χ4n) is 4.19. The van der Waals surface area contributed by atoms with E-state index in [1.54, 1.807) is 0 Å². The molecule has 1 spiro atoms. The van der Waals surface area contributed by atoms with Crippen LogP contribution < -0.4 is 5.32 Å². The number of benzene rings is 1. The van der Waals surface area contributed by atoms with Gasteiger partial charge in [0.25, 0.3) is 0 Å². The summed E-state index contributed by atoms with van der Waals surface area (Å²) < 4.78 is 18.9. The van der Waals surface area contributed by atoms with E-state index in [4.69, 9.17) is 4.74 Å². The third-order valence-electron chi connectivity index (χ3n) is 5.40. The quantitative estimate of drug-likeness (QED) is 0.884. The first kappa shape index (κ1) is 15.0. The summed E-state index contributed by atoms with van der Waals surface area (Å²) in [4.78, 5) is 0. The van der Waals surface area contributed by atoms with Crippen LogP contribution in [0, 0.1) is 11.2 Å². The topological polar surface area (TPSA) is 21.3 Å². The predicted octanol–water partition coefficient (Wildman–Crippen LogP) is 4.04. The smallest absolute Gasteiger partial charge is 0.123 e. The van der Waals surface area contributed by atoms with Crippen molar-refractivity contribution in [3.63, 3.8) is 0 Å². The zero-order valence-electron chi connectivity index (χ0n) is 12.9. The van der Waals surface area contributed by atoms with Crippen LogP contribution in [-0.4, -0.2) is 18.8 Å². The van der Waals surface area contributed by atoms with Crippen LogP contribution in [0.3, 0.4) is 0 Å². The van der Waals surface area contributed by atoms with Gasteiger partial charge in [-0.3, -0.25) is 0 Å². The highest BCUT2D eigenvalue weighted by atomic mass is 19.1. The van der Waals surface area contributed by atoms with Gasteiger partial charge in [-0.2, -0.15) is 0 Å². The second-order valence-corrected chi connectivity index (χ2v) is 6.53. The summed E-state index contributed by atoms with van der Waals surface area (Å²) >= 11 is 0. The van der Waals surface area contributed by atoms with Gasteiger partial charge in [0.2, 0.25) is 0 Å². The fourth-order valence-corrected chi connectivity index (χ4v) is 4.19. The lowest BCUT2D eigenvalue weighted by Crippen LogP contribution is -2.64. The molecule has 2 fully saturated rings. The molecule has 1 aromatic rings. The lowest BCUT2D eigenvalue weighted by atomic mass is 9.55. The second kappa shape index (κ2) is 6.45. The number of ether oxygens (including phenoxy) is 1. The van der Waals surface area contributed by atoms with E-state index in [1.165, 1.54) is 44.2 Å². The molecule has 0 heterocycles. The number of rotatable bonds is 5. The van der Waals surface area contributed by atoms with E-state index in [2.05, 4.69) is 12.2 Å². The maximum absolute atomic E-state index is 12.9. The summed E-state index contributed by atoms with van der Waals surface area (Å²) in [5, 5.41) is 3.70. The first-order valence-corrected chi connectivity index (χ1v) is 8.34. The third-order valence-corrected chi connectivity index (χ3v) is 5.40. The molecule has 2 saturated carbocycles. The van der Waals surface area contributed by atoms with E-state index in [9.17, 15) is 4.39 Å². The van der Waals surface area contributed by atoms with Crippen LogP contribution in [0.5, 0.6) is 0 Å². The van der Waals surface area contributed by atoms with E-state index in [0.29, 0.717) is 17.6 Å². The molecule has 2 nitrogen and oxygen atoms in total. The molecule has 2 unspecified atom stereocenters. The predicted molar refractivity (Wildman–Crippen MR) is 82.6 cm³/mol. The highest BCUT2D eigenvalue weighted by Gasteiger charge is 2.55. The van der Waals surface area contributed by atoms with Gasteiger partial charge in [-0.15, -0.1) is 0 Å². The van der Waals surface area contributed by atoms with Crippen LogP contribution in [0.1, 0.15) is 51.0 Å². The van der Waals surface area contributed by atoms with Crippen molar-refractivity contribution < 1.29 is 9.13 Å². The summed E-state index contributed by atoms with van der Waals surface area (Å²) in [6, 6.07) is 7.37. The minimum atomic E-state index is -0.164. The molecular weight excluding hydrogens is 265 g/mol. The van der Waals surface area contributed by atoms with Crippen molar-refractivity contribution in [1.82, 2.24) is 5.32 Å². The molecule has 0 aromatic heterocycles. The van der Waals surface area contributed by atoms with E-state index in [-0.39, 0.29) is 5.82 Å². The van der Waals surface area contributed by atoms with Crippen LogP contribution in [0.4, 0.5) is 4.39 Å². The summed E-state index contributed by atoms with van der Waals surface area (Å²) in [5.74, 6) is -0.164. The molecule has 0 radical (unpaired) electrons. The van der Waals surface area contributed by atoms with Gasteiger partial charge in [-0.25, -0.2) is 4.39 Å². The van der Waals surface area contributed by atoms with Crippen LogP contribution in [0.2, 0.25) is 0 Å². The van der Waals surface area contributed by atoms with Crippen LogP contribution in [0.15, 0.2) is 24.3 Å². The molecule has 1 N–H and O–H groups in total. The Morgan fingerprint density at radius 2 is 1.90 bits per heavy atom. The molecular formula is C18H26FNO. The zero-order chi connectivity index (χ0) is 14.7. The van der Waals surface area contributed by atoms with Gasteiger partial charge in [-0.1, -0.05) is 31.4 Å². The summed E-state index contributed by atoms with van der Waals surface area (Å²) in [6.07, 6.45) is 8.17. The molecule has 3 heteroatoms. The third kappa shape index (κ3) is 3.00. The molecule has 2 aliphatic carbocycles. The molecule has 0 bridgehead atoms. The van der Waals surface area contributed by atoms with Crippen LogP contribution in [0.25, 0.3) is 0 Å². The number of hydrogen-bond donors (Lipinski definition) is 1. The lowest BCUT2D eigenvalue weighted by molar-refractivity contribution is -0.150. The highest BCUT2D eigenvalue weighted by Crippen LogP contribution is 2.53. The molecule has 3 rings (SSSR count). The Morgan fingerprint density at radius 1 is 1.19 bits per heavy atom. The Kier molecular flexibility index (Phi) is 4.60. The van der Waals surface area contributed by atoms with E-state index < -0.39 is 0 Å². The highest BCUT2D eigenvalue weighted by molar-refractivity contribution is 5.17. The van der Waals surface area contributed by atoms with Gasteiger partial charge in [0.05, 0.1) is 6.10 Å². The summed E-state index contributed by atoms with van der Waals surface area (Å²) in [5.41, 5.74) is 1.51. The van der Waals surface area contributed by atoms with Crippen LogP contribution in [-0.2, 0) is 11.3 Å².